The molecule has 3 aromatic rings. The van der Waals surface area contributed by atoms with E-state index in [0.717, 1.165) is 5.56 Å². The first-order chi connectivity index (χ1) is 12.0. The third kappa shape index (κ3) is 3.29. The number of anilines is 1. The summed E-state index contributed by atoms with van der Waals surface area (Å²) in [6.07, 6.45) is -8.47. The highest BCUT2D eigenvalue weighted by Gasteiger charge is 2.42. The number of hydrogen-bond donors (Lipinski definition) is 2. The summed E-state index contributed by atoms with van der Waals surface area (Å²) in [6, 6.07) is 5.01. The number of alkyl halides is 6. The maximum absolute atomic E-state index is 13.3. The van der Waals surface area contributed by atoms with E-state index in [9.17, 15) is 26.3 Å². The van der Waals surface area contributed by atoms with Crippen LogP contribution >= 0.6 is 0 Å². The minimum Gasteiger partial charge on any atom is -0.456 e. The number of fused-ring (bicyclic) bond motifs is 1. The van der Waals surface area contributed by atoms with Crippen LogP contribution in [-0.2, 0) is 12.4 Å². The number of H-pyrrole nitrogens is 1. The van der Waals surface area contributed by atoms with Crippen LogP contribution in [0.25, 0.3) is 10.9 Å². The zero-order chi connectivity index (χ0) is 19.3. The van der Waals surface area contributed by atoms with Gasteiger partial charge in [0.2, 0.25) is 0 Å². The fourth-order valence-corrected chi connectivity index (χ4v) is 2.60. The fraction of sp³-hybridized carbons (Fsp3) is 0.176. The lowest BCUT2D eigenvalue weighted by Crippen LogP contribution is -2.15. The van der Waals surface area contributed by atoms with E-state index in [4.69, 9.17) is 10.5 Å². The van der Waals surface area contributed by atoms with Gasteiger partial charge in [-0.25, -0.2) is 0 Å². The molecule has 0 unspecified atom stereocenters. The van der Waals surface area contributed by atoms with Crippen molar-refractivity contribution in [3.63, 3.8) is 0 Å². The third-order valence-electron chi connectivity index (χ3n) is 3.80. The lowest BCUT2D eigenvalue weighted by atomic mass is 10.1. The molecule has 0 aliphatic heterocycles. The van der Waals surface area contributed by atoms with E-state index in [-0.39, 0.29) is 5.75 Å². The first-order valence-corrected chi connectivity index (χ1v) is 7.30. The van der Waals surface area contributed by atoms with E-state index in [1.54, 1.807) is 13.1 Å². The molecule has 0 amide bonds. The molecular formula is C17H12F6N2O. The lowest BCUT2D eigenvalue weighted by Gasteiger charge is -2.20. The number of rotatable bonds is 2. The Morgan fingerprint density at radius 1 is 0.923 bits per heavy atom. The monoisotopic (exact) mass is 374 g/mol. The number of nitrogens with one attached hydrogen (secondary N) is 1. The van der Waals surface area contributed by atoms with Crippen molar-refractivity contribution in [2.24, 2.45) is 0 Å². The third-order valence-corrected chi connectivity index (χ3v) is 3.80. The molecule has 1 heterocycles. The van der Waals surface area contributed by atoms with Crippen molar-refractivity contribution >= 4 is 16.6 Å². The molecule has 0 saturated carbocycles. The maximum atomic E-state index is 13.3. The van der Waals surface area contributed by atoms with Gasteiger partial charge in [-0.15, -0.1) is 0 Å². The van der Waals surface area contributed by atoms with Gasteiger partial charge in [-0.1, -0.05) is 0 Å². The Labute approximate surface area is 143 Å². The van der Waals surface area contributed by atoms with E-state index in [2.05, 4.69) is 4.98 Å². The van der Waals surface area contributed by atoms with Gasteiger partial charge in [0.1, 0.15) is 16.9 Å². The first kappa shape index (κ1) is 18.0. The predicted octanol–water partition coefficient (Wildman–Crippen LogP) is 5.89. The molecule has 3 rings (SSSR count). The van der Waals surface area contributed by atoms with Crippen molar-refractivity contribution in [3.8, 4) is 11.5 Å². The molecule has 138 valence electrons. The average molecular weight is 374 g/mol. The highest BCUT2D eigenvalue weighted by atomic mass is 19.4. The Morgan fingerprint density at radius 3 is 2.04 bits per heavy atom. The number of nitrogen functional groups attached to an aromatic ring is 1. The summed E-state index contributed by atoms with van der Waals surface area (Å²) in [6.45, 7) is 1.74. The summed E-state index contributed by atoms with van der Waals surface area (Å²) in [5.41, 5.74) is 2.86. The molecule has 26 heavy (non-hydrogen) atoms. The van der Waals surface area contributed by atoms with Crippen LogP contribution in [-0.4, -0.2) is 4.98 Å². The number of aryl methyl sites for hydroxylation is 1. The maximum Gasteiger partial charge on any atom is 0.420 e. The van der Waals surface area contributed by atoms with Gasteiger partial charge in [-0.3, -0.25) is 0 Å². The van der Waals surface area contributed by atoms with E-state index < -0.39 is 34.9 Å². The second-order valence-corrected chi connectivity index (χ2v) is 5.72. The van der Waals surface area contributed by atoms with E-state index in [0.29, 0.717) is 23.0 Å². The van der Waals surface area contributed by atoms with Crippen molar-refractivity contribution in [2.45, 2.75) is 19.3 Å². The van der Waals surface area contributed by atoms with Gasteiger partial charge in [0.05, 0.1) is 0 Å². The molecule has 0 fully saturated rings. The molecule has 0 bridgehead atoms. The summed E-state index contributed by atoms with van der Waals surface area (Å²) in [5, 5.41) is 0.625. The quantitative estimate of drug-likeness (QED) is 0.434. The number of benzene rings is 2. The second-order valence-electron chi connectivity index (χ2n) is 5.72. The Kier molecular flexibility index (Phi) is 4.05. The van der Waals surface area contributed by atoms with Gasteiger partial charge in [0, 0.05) is 22.8 Å². The molecule has 0 spiro atoms. The number of aromatic nitrogens is 1. The SMILES string of the molecule is Cc1c[nH]c2ccc(Oc3c(C(F)(F)F)cc(N)cc3C(F)(F)F)cc12. The van der Waals surface area contributed by atoms with Crippen LogP contribution in [0.4, 0.5) is 32.0 Å². The number of ether oxygens (including phenoxy) is 1. The fourth-order valence-electron chi connectivity index (χ4n) is 2.60. The Hall–Kier alpha value is -2.84. The highest BCUT2D eigenvalue weighted by molar-refractivity contribution is 5.84. The zero-order valence-corrected chi connectivity index (χ0v) is 13.2. The lowest BCUT2D eigenvalue weighted by molar-refractivity contribution is -0.144. The number of halogens is 6. The molecule has 0 atom stereocenters. The standard InChI is InChI=1S/C17H12F6N2O/c1-8-7-25-14-3-2-10(6-11(8)14)26-15-12(16(18,19)20)4-9(24)5-13(15)17(21,22)23/h2-7,25H,24H2,1H3. The first-order valence-electron chi connectivity index (χ1n) is 7.30. The Balaban J connectivity index is 2.19. The minimum absolute atomic E-state index is 0.152. The number of aromatic amines is 1. The predicted molar refractivity (Wildman–Crippen MR) is 84.0 cm³/mol. The summed E-state index contributed by atoms with van der Waals surface area (Å²) in [7, 11) is 0. The molecule has 2 aromatic carbocycles. The van der Waals surface area contributed by atoms with Crippen LogP contribution < -0.4 is 10.5 Å². The van der Waals surface area contributed by atoms with Crippen LogP contribution in [0.5, 0.6) is 11.5 Å². The van der Waals surface area contributed by atoms with Gasteiger partial charge in [0.15, 0.2) is 5.75 Å². The topological polar surface area (TPSA) is 51.0 Å². The summed E-state index contributed by atoms with van der Waals surface area (Å²) in [4.78, 5) is 2.93. The van der Waals surface area contributed by atoms with Crippen LogP contribution in [0.2, 0.25) is 0 Å². The minimum atomic E-state index is -5.07. The Bertz CT molecular complexity index is 937. The van der Waals surface area contributed by atoms with Crippen molar-refractivity contribution < 1.29 is 31.1 Å². The van der Waals surface area contributed by atoms with Crippen molar-refractivity contribution in [1.82, 2.24) is 4.98 Å². The van der Waals surface area contributed by atoms with Gasteiger partial charge >= 0.3 is 12.4 Å². The van der Waals surface area contributed by atoms with Gasteiger partial charge in [-0.2, -0.15) is 26.3 Å². The highest BCUT2D eigenvalue weighted by Crippen LogP contribution is 2.47. The molecule has 1 aromatic heterocycles. The van der Waals surface area contributed by atoms with Crippen LogP contribution in [0, 0.1) is 6.92 Å². The van der Waals surface area contributed by atoms with E-state index in [1.807, 2.05) is 0 Å². The van der Waals surface area contributed by atoms with Gasteiger partial charge in [0.25, 0.3) is 0 Å². The molecule has 9 heteroatoms. The van der Waals surface area contributed by atoms with E-state index in [1.165, 1.54) is 18.2 Å². The van der Waals surface area contributed by atoms with Crippen LogP contribution in [0.3, 0.4) is 0 Å². The smallest absolute Gasteiger partial charge is 0.420 e. The van der Waals surface area contributed by atoms with Crippen molar-refractivity contribution in [2.75, 3.05) is 5.73 Å². The Morgan fingerprint density at radius 2 is 1.50 bits per heavy atom. The molecule has 3 N–H and O–H groups in total. The molecule has 0 aliphatic carbocycles. The summed E-state index contributed by atoms with van der Waals surface area (Å²) >= 11 is 0. The van der Waals surface area contributed by atoms with E-state index >= 15 is 0 Å². The van der Waals surface area contributed by atoms with Gasteiger partial charge < -0.3 is 15.5 Å². The molecule has 0 saturated heterocycles. The summed E-state index contributed by atoms with van der Waals surface area (Å²) < 4.78 is 84.6. The second kappa shape index (κ2) is 5.86. The number of nitrogens with two attached hydrogens (primary N) is 1. The largest absolute Gasteiger partial charge is 0.456 e. The molecule has 0 radical (unpaired) electrons. The van der Waals surface area contributed by atoms with Crippen LogP contribution in [0.15, 0.2) is 36.5 Å². The molecule has 3 nitrogen and oxygen atoms in total. The molecule has 0 aliphatic rings. The normalized spacial score (nSPS) is 12.6. The van der Waals surface area contributed by atoms with Crippen LogP contribution in [0.1, 0.15) is 16.7 Å². The number of hydrogen-bond acceptors (Lipinski definition) is 2. The molecular weight excluding hydrogens is 362 g/mol. The van der Waals surface area contributed by atoms with Crippen molar-refractivity contribution in [1.29, 1.82) is 0 Å². The summed E-state index contributed by atoms with van der Waals surface area (Å²) in [5.74, 6) is -1.48. The van der Waals surface area contributed by atoms with Crippen molar-refractivity contribution in [3.05, 3.63) is 53.2 Å². The van der Waals surface area contributed by atoms with Gasteiger partial charge in [-0.05, 0) is 42.8 Å². The average Bonchev–Trinajstić information content (AvgIpc) is 2.87. The zero-order valence-electron chi connectivity index (χ0n) is 13.2.